The number of primary amides is 1. The maximum atomic E-state index is 16.2. The van der Waals surface area contributed by atoms with Crippen molar-refractivity contribution in [1.29, 1.82) is 0 Å². The summed E-state index contributed by atoms with van der Waals surface area (Å²) in [6.07, 6.45) is 1.16. The number of likely N-dealkylation sites (N-methyl/N-ethyl adjacent to an activating group) is 1. The molecule has 208 valence electrons. The third-order valence-corrected chi connectivity index (χ3v) is 9.92. The van der Waals surface area contributed by atoms with E-state index in [1.54, 1.807) is 18.9 Å². The fourth-order valence-electron chi connectivity index (χ4n) is 7.99. The molecule has 5 aliphatic rings. The van der Waals surface area contributed by atoms with Crippen molar-refractivity contribution < 1.29 is 39.2 Å². The van der Waals surface area contributed by atoms with Crippen LogP contribution in [0.4, 0.5) is 4.39 Å². The number of aliphatic hydroxyl groups is 3. The predicted molar refractivity (Wildman–Crippen MR) is 136 cm³/mol. The molecule has 0 bridgehead atoms. The molecule has 11 heteroatoms. The zero-order valence-corrected chi connectivity index (χ0v) is 22.0. The fourth-order valence-corrected chi connectivity index (χ4v) is 7.99. The van der Waals surface area contributed by atoms with Gasteiger partial charge in [0.25, 0.3) is 5.91 Å². The van der Waals surface area contributed by atoms with Crippen molar-refractivity contribution in [3.05, 3.63) is 45.0 Å². The number of nitrogens with two attached hydrogens (primary N) is 1. The normalized spacial score (nSPS) is 33.7. The topological polar surface area (TPSA) is 165 Å². The number of carbonyl (C=O) groups excluding carboxylic acids is 3. The first-order valence-corrected chi connectivity index (χ1v) is 13.3. The summed E-state index contributed by atoms with van der Waals surface area (Å²) in [6.45, 7) is 2.87. The van der Waals surface area contributed by atoms with Gasteiger partial charge in [-0.1, -0.05) is 6.92 Å². The summed E-state index contributed by atoms with van der Waals surface area (Å²) >= 11 is 0. The van der Waals surface area contributed by atoms with Gasteiger partial charge in [-0.3, -0.25) is 24.2 Å². The highest BCUT2D eigenvalue weighted by Gasteiger charge is 2.64. The summed E-state index contributed by atoms with van der Waals surface area (Å²) in [5, 5.41) is 45.4. The van der Waals surface area contributed by atoms with E-state index in [-0.39, 0.29) is 47.3 Å². The zero-order valence-electron chi connectivity index (χ0n) is 22.0. The monoisotopic (exact) mass is 541 g/mol. The van der Waals surface area contributed by atoms with E-state index >= 15 is 4.39 Å². The number of aromatic hydroxyl groups is 1. The van der Waals surface area contributed by atoms with E-state index in [1.165, 1.54) is 0 Å². The second kappa shape index (κ2) is 8.36. The SMILES string of the molecule is CCN(C)[C@@H]1C(=O)C(C(N)=O)=C(O)[C@@]2(O)C(=O)C3=C(O)c4c(O)c5c(c(F)c4C[C@H]3C[C@@H]12)C1[C@H](CCN1C)C5. The Morgan fingerprint density at radius 2 is 1.90 bits per heavy atom. The predicted octanol–water partition coefficient (Wildman–Crippen LogP) is 1.04. The molecule has 1 saturated carbocycles. The maximum absolute atomic E-state index is 16.2. The summed E-state index contributed by atoms with van der Waals surface area (Å²) in [7, 11) is 3.50. The first-order chi connectivity index (χ1) is 18.4. The lowest BCUT2D eigenvalue weighted by Crippen LogP contribution is -2.66. The molecule has 0 radical (unpaired) electrons. The molecular weight excluding hydrogens is 509 g/mol. The maximum Gasteiger partial charge on any atom is 0.255 e. The van der Waals surface area contributed by atoms with E-state index in [0.29, 0.717) is 24.1 Å². The molecule has 1 saturated heterocycles. The average molecular weight is 542 g/mol. The van der Waals surface area contributed by atoms with E-state index in [0.717, 1.165) is 13.0 Å². The van der Waals surface area contributed by atoms with Gasteiger partial charge >= 0.3 is 0 Å². The average Bonchev–Trinajstić information content (AvgIpc) is 3.44. The first-order valence-electron chi connectivity index (χ1n) is 13.3. The van der Waals surface area contributed by atoms with Gasteiger partial charge in [-0.25, -0.2) is 4.39 Å². The van der Waals surface area contributed by atoms with Crippen LogP contribution in [0.1, 0.15) is 48.1 Å². The van der Waals surface area contributed by atoms with Crippen LogP contribution in [0.2, 0.25) is 0 Å². The molecule has 1 amide bonds. The number of phenolic OH excluding ortho intramolecular Hbond substituents is 1. The fraction of sp³-hybridized carbons (Fsp3) is 0.536. The van der Waals surface area contributed by atoms with Crippen LogP contribution in [-0.2, 0) is 27.2 Å². The number of rotatable bonds is 3. The number of fused-ring (bicyclic) bond motifs is 6. The number of halogens is 1. The van der Waals surface area contributed by atoms with Gasteiger partial charge in [-0.2, -0.15) is 0 Å². The Hall–Kier alpha value is -3.28. The smallest absolute Gasteiger partial charge is 0.255 e. The van der Waals surface area contributed by atoms with Gasteiger partial charge in [0.1, 0.15) is 28.7 Å². The molecule has 1 aromatic rings. The van der Waals surface area contributed by atoms with Gasteiger partial charge < -0.3 is 26.2 Å². The Bertz CT molecular complexity index is 1430. The van der Waals surface area contributed by atoms with E-state index in [9.17, 15) is 34.8 Å². The first kappa shape index (κ1) is 26.0. The van der Waals surface area contributed by atoms with Gasteiger partial charge in [-0.05, 0) is 64.7 Å². The number of hydrogen-bond donors (Lipinski definition) is 5. The van der Waals surface area contributed by atoms with Crippen LogP contribution in [0.15, 0.2) is 16.9 Å². The van der Waals surface area contributed by atoms with Crippen LogP contribution in [0, 0.1) is 23.6 Å². The second-order valence-electron chi connectivity index (χ2n) is 11.7. The Morgan fingerprint density at radius 1 is 1.21 bits per heavy atom. The van der Waals surface area contributed by atoms with E-state index < -0.39 is 63.9 Å². The molecule has 39 heavy (non-hydrogen) atoms. The number of aliphatic hydroxyl groups excluding tert-OH is 2. The molecule has 1 unspecified atom stereocenters. The third kappa shape index (κ3) is 3.09. The molecule has 2 fully saturated rings. The van der Waals surface area contributed by atoms with Crippen LogP contribution in [-0.4, -0.2) is 86.5 Å². The Kier molecular flexibility index (Phi) is 5.57. The molecule has 6 N–H and O–H groups in total. The van der Waals surface area contributed by atoms with Gasteiger partial charge in [-0.15, -0.1) is 0 Å². The van der Waals surface area contributed by atoms with Crippen molar-refractivity contribution >= 4 is 23.2 Å². The molecule has 0 spiro atoms. The molecular formula is C28H32FN3O7. The standard InChI is InChI=1S/C28H32FN3O7/c1-4-31(2)21-14-9-11-8-12-17(22(33)13-7-10-5-6-32(3)20(10)16(13)19(12)29)23(34)15(11)25(36)28(14,39)26(37)18(24(21)35)27(30)38/h10-11,14,20-21,33-34,37,39H,4-9H2,1-3H3,(H2,30,38)/t10-,11+,14+,20?,21+,28+/m1/s1. The summed E-state index contributed by atoms with van der Waals surface area (Å²) in [5.41, 5.74) is 2.29. The number of phenols is 1. The number of Topliss-reactive ketones (excluding diaryl/α,β-unsaturated/α-hetero) is 2. The Balaban J connectivity index is 1.56. The molecule has 4 aliphatic carbocycles. The highest BCUT2D eigenvalue weighted by atomic mass is 19.1. The van der Waals surface area contributed by atoms with Crippen LogP contribution >= 0.6 is 0 Å². The number of carbonyl (C=O) groups is 3. The van der Waals surface area contributed by atoms with Crippen LogP contribution in [0.5, 0.6) is 5.75 Å². The van der Waals surface area contributed by atoms with Gasteiger partial charge in [0, 0.05) is 34.2 Å². The zero-order chi connectivity index (χ0) is 28.3. The van der Waals surface area contributed by atoms with Crippen LogP contribution in [0.25, 0.3) is 5.76 Å². The summed E-state index contributed by atoms with van der Waals surface area (Å²) < 4.78 is 16.2. The minimum atomic E-state index is -2.71. The van der Waals surface area contributed by atoms with Crippen molar-refractivity contribution in [2.45, 2.75) is 50.3 Å². The highest BCUT2D eigenvalue weighted by Crippen LogP contribution is 2.57. The number of ketones is 2. The van der Waals surface area contributed by atoms with Gasteiger partial charge in [0.05, 0.1) is 11.6 Å². The lowest BCUT2D eigenvalue weighted by Gasteiger charge is -2.50. The molecule has 6 rings (SSSR count). The minimum absolute atomic E-state index is 0.0509. The number of likely N-dealkylation sites (tertiary alicyclic amines) is 1. The summed E-state index contributed by atoms with van der Waals surface area (Å²) in [4.78, 5) is 43.1. The Labute approximate surface area is 224 Å². The Morgan fingerprint density at radius 3 is 2.54 bits per heavy atom. The quantitative estimate of drug-likeness (QED) is 0.352. The molecule has 1 aliphatic heterocycles. The van der Waals surface area contributed by atoms with Crippen LogP contribution < -0.4 is 5.73 Å². The van der Waals surface area contributed by atoms with Gasteiger partial charge in [0.2, 0.25) is 5.78 Å². The summed E-state index contributed by atoms with van der Waals surface area (Å²) in [6, 6.07) is -1.35. The van der Waals surface area contributed by atoms with E-state index in [1.807, 2.05) is 7.05 Å². The van der Waals surface area contributed by atoms with Crippen molar-refractivity contribution in [2.75, 3.05) is 27.2 Å². The largest absolute Gasteiger partial charge is 0.508 e. The van der Waals surface area contributed by atoms with E-state index in [2.05, 4.69) is 4.90 Å². The molecule has 0 aromatic heterocycles. The van der Waals surface area contributed by atoms with Crippen molar-refractivity contribution in [3.8, 4) is 5.75 Å². The van der Waals surface area contributed by atoms with Crippen LogP contribution in [0.3, 0.4) is 0 Å². The lowest BCUT2D eigenvalue weighted by atomic mass is 9.57. The number of nitrogens with zero attached hydrogens (tertiary/aromatic N) is 2. The molecule has 1 aromatic carbocycles. The van der Waals surface area contributed by atoms with Crippen molar-refractivity contribution in [3.63, 3.8) is 0 Å². The third-order valence-electron chi connectivity index (χ3n) is 9.92. The molecule has 1 heterocycles. The molecule has 6 atom stereocenters. The van der Waals surface area contributed by atoms with Gasteiger partial charge in [0.15, 0.2) is 11.4 Å². The van der Waals surface area contributed by atoms with Crippen molar-refractivity contribution in [1.82, 2.24) is 9.80 Å². The van der Waals surface area contributed by atoms with Crippen molar-refractivity contribution in [2.24, 2.45) is 23.5 Å². The summed E-state index contributed by atoms with van der Waals surface area (Å²) in [5.74, 6) is -7.65. The number of benzene rings is 1. The number of amides is 1. The lowest BCUT2D eigenvalue weighted by molar-refractivity contribution is -0.154. The minimum Gasteiger partial charge on any atom is -0.508 e. The highest BCUT2D eigenvalue weighted by molar-refractivity contribution is 6.24. The van der Waals surface area contributed by atoms with E-state index in [4.69, 9.17) is 5.73 Å². The molecule has 10 nitrogen and oxygen atoms in total. The number of hydrogen-bond acceptors (Lipinski definition) is 9. The second-order valence-corrected chi connectivity index (χ2v) is 11.7.